The van der Waals surface area contributed by atoms with Gasteiger partial charge in [0.15, 0.2) is 0 Å². The van der Waals surface area contributed by atoms with E-state index >= 15 is 0 Å². The number of aliphatic hydroxyl groups is 2. The number of anilines is 2. The van der Waals surface area contributed by atoms with Crippen LogP contribution in [0.1, 0.15) is 24.2 Å². The highest BCUT2D eigenvalue weighted by atomic mass is 35.5. The largest absolute Gasteiger partial charge is 0.509 e. The summed E-state index contributed by atoms with van der Waals surface area (Å²) in [6, 6.07) is 25.6. The molecule has 0 spiro atoms. The molecule has 5 nitrogen and oxygen atoms in total. The van der Waals surface area contributed by atoms with Crippen LogP contribution in [0.2, 0.25) is 10.0 Å². The number of halogens is 2. The first-order chi connectivity index (χ1) is 17.9. The topological polar surface area (TPSA) is 72.8 Å². The van der Waals surface area contributed by atoms with Gasteiger partial charge < -0.3 is 20.4 Å². The second kappa shape index (κ2) is 10.5. The highest BCUT2D eigenvalue weighted by Crippen LogP contribution is 2.40. The maximum Gasteiger partial charge on any atom is 0.260 e. The summed E-state index contributed by atoms with van der Waals surface area (Å²) in [5.41, 5.74) is 2.70. The van der Waals surface area contributed by atoms with Crippen LogP contribution in [-0.2, 0) is 11.2 Å². The molecule has 0 fully saturated rings. The molecule has 4 aromatic carbocycles. The molecule has 2 unspecified atom stereocenters. The van der Waals surface area contributed by atoms with Crippen LogP contribution in [0.4, 0.5) is 11.4 Å². The smallest absolute Gasteiger partial charge is 0.260 e. The average molecular weight is 533 g/mol. The molecular formula is C30H26Cl2N2O3. The Bertz CT molecular complexity index is 1500. The van der Waals surface area contributed by atoms with Gasteiger partial charge in [-0.3, -0.25) is 4.79 Å². The Morgan fingerprint density at radius 2 is 1.65 bits per heavy atom. The Kier molecular flexibility index (Phi) is 7.11. The van der Waals surface area contributed by atoms with Gasteiger partial charge in [-0.2, -0.15) is 0 Å². The van der Waals surface area contributed by atoms with Gasteiger partial charge in [-0.05, 0) is 66.1 Å². The summed E-state index contributed by atoms with van der Waals surface area (Å²) in [4.78, 5) is 15.1. The van der Waals surface area contributed by atoms with Crippen molar-refractivity contribution in [1.29, 1.82) is 0 Å². The van der Waals surface area contributed by atoms with E-state index in [0.717, 1.165) is 22.0 Å². The number of carbonyl (C=O) groups is 1. The lowest BCUT2D eigenvalue weighted by atomic mass is 9.90. The molecule has 4 aromatic rings. The SMILES string of the molecule is CCN1C(=O)C(=C(O)C(Cc2ccc(Cl)cc2)Nc2ccc3ccccc3c2)C(O)c2ccc(Cl)cc21. The quantitative estimate of drug-likeness (QED) is 0.183. The molecule has 0 bridgehead atoms. The van der Waals surface area contributed by atoms with Crippen molar-refractivity contribution >= 4 is 51.3 Å². The molecule has 5 rings (SSSR count). The maximum absolute atomic E-state index is 13.6. The van der Waals surface area contributed by atoms with E-state index in [1.54, 1.807) is 30.3 Å². The minimum atomic E-state index is -1.30. The minimum Gasteiger partial charge on any atom is -0.509 e. The zero-order valence-electron chi connectivity index (χ0n) is 20.2. The van der Waals surface area contributed by atoms with Gasteiger partial charge in [-0.1, -0.05) is 71.7 Å². The van der Waals surface area contributed by atoms with Crippen molar-refractivity contribution < 1.29 is 15.0 Å². The Morgan fingerprint density at radius 1 is 0.946 bits per heavy atom. The molecule has 2 atom stereocenters. The van der Waals surface area contributed by atoms with Crippen LogP contribution < -0.4 is 10.2 Å². The van der Waals surface area contributed by atoms with Crippen molar-refractivity contribution in [3.05, 3.63) is 117 Å². The molecule has 188 valence electrons. The Hall–Kier alpha value is -3.51. The highest BCUT2D eigenvalue weighted by molar-refractivity contribution is 6.31. The molecular weight excluding hydrogens is 507 g/mol. The Balaban J connectivity index is 1.59. The first kappa shape index (κ1) is 25.2. The van der Waals surface area contributed by atoms with Crippen LogP contribution >= 0.6 is 23.2 Å². The minimum absolute atomic E-state index is 0.0519. The molecule has 37 heavy (non-hydrogen) atoms. The highest BCUT2D eigenvalue weighted by Gasteiger charge is 2.38. The molecule has 1 aliphatic rings. The number of rotatable bonds is 6. The van der Waals surface area contributed by atoms with E-state index in [1.165, 1.54) is 4.90 Å². The number of amides is 1. The number of carbonyl (C=O) groups excluding carboxylic acids is 1. The van der Waals surface area contributed by atoms with Gasteiger partial charge in [0.2, 0.25) is 0 Å². The molecule has 1 amide bonds. The lowest BCUT2D eigenvalue weighted by Gasteiger charge is -2.34. The number of aliphatic hydroxyl groups excluding tert-OH is 2. The zero-order chi connectivity index (χ0) is 26.1. The van der Waals surface area contributed by atoms with E-state index in [0.29, 0.717) is 34.3 Å². The number of hydrogen-bond acceptors (Lipinski definition) is 4. The van der Waals surface area contributed by atoms with Gasteiger partial charge in [-0.25, -0.2) is 0 Å². The molecule has 0 saturated heterocycles. The van der Waals surface area contributed by atoms with Gasteiger partial charge in [0.05, 0.1) is 17.3 Å². The zero-order valence-corrected chi connectivity index (χ0v) is 21.7. The monoisotopic (exact) mass is 532 g/mol. The molecule has 1 aliphatic heterocycles. The third-order valence-corrected chi connectivity index (χ3v) is 7.18. The van der Waals surface area contributed by atoms with Crippen LogP contribution in [0, 0.1) is 0 Å². The van der Waals surface area contributed by atoms with Crippen LogP contribution in [0.5, 0.6) is 0 Å². The summed E-state index contributed by atoms with van der Waals surface area (Å²) < 4.78 is 0. The van der Waals surface area contributed by atoms with E-state index in [9.17, 15) is 15.0 Å². The van der Waals surface area contributed by atoms with Crippen molar-refractivity contribution in [2.24, 2.45) is 0 Å². The summed E-state index contributed by atoms with van der Waals surface area (Å²) in [6.45, 7) is 2.20. The normalized spacial score (nSPS) is 17.5. The van der Waals surface area contributed by atoms with Gasteiger partial charge in [0, 0.05) is 27.8 Å². The van der Waals surface area contributed by atoms with Crippen LogP contribution in [0.25, 0.3) is 10.8 Å². The summed E-state index contributed by atoms with van der Waals surface area (Å²) >= 11 is 12.3. The van der Waals surface area contributed by atoms with E-state index < -0.39 is 18.1 Å². The van der Waals surface area contributed by atoms with E-state index in [-0.39, 0.29) is 11.3 Å². The summed E-state index contributed by atoms with van der Waals surface area (Å²) in [5, 5.41) is 29.5. The first-order valence-electron chi connectivity index (χ1n) is 12.1. The first-order valence-corrected chi connectivity index (χ1v) is 12.8. The molecule has 0 saturated carbocycles. The van der Waals surface area contributed by atoms with E-state index in [2.05, 4.69) is 5.32 Å². The van der Waals surface area contributed by atoms with Gasteiger partial charge in [-0.15, -0.1) is 0 Å². The fourth-order valence-corrected chi connectivity index (χ4v) is 5.11. The van der Waals surface area contributed by atoms with Crippen molar-refractivity contribution in [2.75, 3.05) is 16.8 Å². The third kappa shape index (κ3) is 5.03. The summed E-state index contributed by atoms with van der Waals surface area (Å²) in [7, 11) is 0. The number of hydrogen-bond donors (Lipinski definition) is 3. The fourth-order valence-electron chi connectivity index (χ4n) is 4.81. The summed E-state index contributed by atoms with van der Waals surface area (Å²) in [6.07, 6.45) is -0.937. The van der Waals surface area contributed by atoms with E-state index in [1.807, 2.05) is 61.5 Å². The van der Waals surface area contributed by atoms with Gasteiger partial charge in [0.25, 0.3) is 5.91 Å². The average Bonchev–Trinajstić information content (AvgIpc) is 2.89. The third-order valence-electron chi connectivity index (χ3n) is 6.69. The van der Waals surface area contributed by atoms with Crippen LogP contribution in [0.3, 0.4) is 0 Å². The van der Waals surface area contributed by atoms with Gasteiger partial charge in [0.1, 0.15) is 11.9 Å². The molecule has 0 aliphatic carbocycles. The van der Waals surface area contributed by atoms with Gasteiger partial charge >= 0.3 is 0 Å². The number of fused-ring (bicyclic) bond motifs is 2. The van der Waals surface area contributed by atoms with Crippen LogP contribution in [-0.4, -0.2) is 28.7 Å². The number of benzene rings is 4. The molecule has 0 radical (unpaired) electrons. The number of nitrogens with zero attached hydrogens (tertiary/aromatic N) is 1. The predicted octanol–water partition coefficient (Wildman–Crippen LogP) is 7.08. The molecule has 0 aromatic heterocycles. The second-order valence-electron chi connectivity index (χ2n) is 9.04. The molecule has 7 heteroatoms. The van der Waals surface area contributed by atoms with Crippen molar-refractivity contribution in [3.8, 4) is 0 Å². The van der Waals surface area contributed by atoms with Crippen LogP contribution in [0.15, 0.2) is 96.3 Å². The summed E-state index contributed by atoms with van der Waals surface area (Å²) in [5.74, 6) is -0.664. The Morgan fingerprint density at radius 3 is 2.38 bits per heavy atom. The van der Waals surface area contributed by atoms with E-state index in [4.69, 9.17) is 23.2 Å². The lowest BCUT2D eigenvalue weighted by Crippen LogP contribution is -2.41. The number of likely N-dealkylation sites (N-methyl/N-ethyl adjacent to an activating group) is 1. The van der Waals surface area contributed by atoms with Crippen molar-refractivity contribution in [3.63, 3.8) is 0 Å². The maximum atomic E-state index is 13.6. The molecule has 3 N–H and O–H groups in total. The fraction of sp³-hybridized carbons (Fsp3) is 0.167. The standard InChI is InChI=1S/C30H26Cl2N2O3/c1-2-34-26-17-22(32)12-14-24(26)28(35)27(30(34)37)29(36)25(15-18-7-10-21(31)11-8-18)33-23-13-9-19-5-3-4-6-20(19)16-23/h3-14,16-17,25,28,33,35-36H,2,15H2,1H3. The predicted molar refractivity (Wildman–Crippen MR) is 151 cm³/mol. The van der Waals surface area contributed by atoms with Crippen molar-refractivity contribution in [2.45, 2.75) is 25.5 Å². The Labute approximate surface area is 225 Å². The molecule has 1 heterocycles. The second-order valence-corrected chi connectivity index (χ2v) is 9.92. The van der Waals surface area contributed by atoms with Crippen molar-refractivity contribution in [1.82, 2.24) is 0 Å². The lowest BCUT2D eigenvalue weighted by molar-refractivity contribution is -0.116. The number of nitrogens with one attached hydrogen (secondary N) is 1.